The summed E-state index contributed by atoms with van der Waals surface area (Å²) in [5.41, 5.74) is 1.25. The van der Waals surface area contributed by atoms with Gasteiger partial charge in [-0.1, -0.05) is 42.5 Å². The van der Waals surface area contributed by atoms with Gasteiger partial charge in [-0.3, -0.25) is 4.79 Å². The largest absolute Gasteiger partial charge is 0.461 e. The summed E-state index contributed by atoms with van der Waals surface area (Å²) in [5, 5.41) is 4.51. The Bertz CT molecular complexity index is 1380. The van der Waals surface area contributed by atoms with Gasteiger partial charge in [-0.25, -0.2) is 9.50 Å². The van der Waals surface area contributed by atoms with E-state index in [4.69, 9.17) is 9.47 Å². The smallest absolute Gasteiger partial charge is 0.416 e. The first-order chi connectivity index (χ1) is 17.8. The zero-order valence-corrected chi connectivity index (χ0v) is 20.2. The van der Waals surface area contributed by atoms with Gasteiger partial charge in [-0.05, 0) is 42.7 Å². The van der Waals surface area contributed by atoms with E-state index in [-0.39, 0.29) is 12.1 Å². The van der Waals surface area contributed by atoms with E-state index in [1.54, 1.807) is 23.0 Å². The van der Waals surface area contributed by atoms with Crippen LogP contribution < -0.4 is 0 Å². The molecule has 5 rings (SSSR count). The van der Waals surface area contributed by atoms with E-state index >= 15 is 0 Å². The molecule has 0 amide bonds. The number of hydrogen-bond donors (Lipinski definition) is 0. The molecule has 1 aliphatic rings. The third-order valence-electron chi connectivity index (χ3n) is 6.78. The lowest BCUT2D eigenvalue weighted by Gasteiger charge is -2.31. The van der Waals surface area contributed by atoms with Crippen LogP contribution in [0.4, 0.5) is 13.2 Å². The molecule has 0 spiro atoms. The fourth-order valence-electron chi connectivity index (χ4n) is 4.70. The number of ether oxygens (including phenoxy) is 2. The number of aromatic nitrogens is 3. The minimum Gasteiger partial charge on any atom is -0.461 e. The van der Waals surface area contributed by atoms with Crippen molar-refractivity contribution in [3.63, 3.8) is 0 Å². The molecule has 0 bridgehead atoms. The van der Waals surface area contributed by atoms with E-state index in [9.17, 15) is 18.0 Å². The normalized spacial score (nSPS) is 16.4. The third-order valence-corrected chi connectivity index (χ3v) is 6.78. The molecule has 0 aliphatic carbocycles. The van der Waals surface area contributed by atoms with E-state index in [0.29, 0.717) is 54.9 Å². The van der Waals surface area contributed by atoms with Crippen LogP contribution in [0.2, 0.25) is 0 Å². The summed E-state index contributed by atoms with van der Waals surface area (Å²) >= 11 is 0. The monoisotopic (exact) mass is 509 g/mol. The molecule has 37 heavy (non-hydrogen) atoms. The Labute approximate surface area is 212 Å². The highest BCUT2D eigenvalue weighted by Crippen LogP contribution is 2.35. The third kappa shape index (κ3) is 5.09. The van der Waals surface area contributed by atoms with Crippen molar-refractivity contribution in [3.05, 3.63) is 89.9 Å². The second kappa shape index (κ2) is 9.97. The van der Waals surface area contributed by atoms with E-state index in [1.807, 2.05) is 37.3 Å². The van der Waals surface area contributed by atoms with Crippen LogP contribution in [0.3, 0.4) is 0 Å². The summed E-state index contributed by atoms with van der Waals surface area (Å²) < 4.78 is 52.1. The molecule has 9 heteroatoms. The van der Waals surface area contributed by atoms with Gasteiger partial charge in [-0.15, -0.1) is 0 Å². The highest BCUT2D eigenvalue weighted by atomic mass is 19.4. The molecule has 2 aromatic heterocycles. The Morgan fingerprint density at radius 3 is 2.43 bits per heavy atom. The van der Waals surface area contributed by atoms with Gasteiger partial charge in [0.25, 0.3) is 0 Å². The van der Waals surface area contributed by atoms with Gasteiger partial charge in [0, 0.05) is 24.6 Å². The number of halogens is 3. The molecule has 0 N–H and O–H groups in total. The molecule has 0 saturated carbocycles. The van der Waals surface area contributed by atoms with Crippen molar-refractivity contribution in [3.8, 4) is 11.1 Å². The number of rotatable bonds is 6. The Hall–Kier alpha value is -3.72. The van der Waals surface area contributed by atoms with Crippen molar-refractivity contribution >= 4 is 11.6 Å². The predicted octanol–water partition coefficient (Wildman–Crippen LogP) is 5.64. The second-order valence-corrected chi connectivity index (χ2v) is 9.41. The SMILES string of the molecule is CC(Cc1ccccc1)(C(=O)OC1CCOCC1)c1ccnc2c(-c3ccc(C(F)(F)F)cc3)cnn12. The first kappa shape index (κ1) is 25.0. The fraction of sp³-hybridized carbons (Fsp3) is 0.321. The second-order valence-electron chi connectivity index (χ2n) is 9.41. The number of alkyl halides is 3. The molecule has 1 fully saturated rings. The maximum atomic E-state index is 13.8. The molecule has 2 aromatic carbocycles. The summed E-state index contributed by atoms with van der Waals surface area (Å²) in [6.07, 6.45) is 0.136. The minimum atomic E-state index is -4.42. The number of hydrogen-bond acceptors (Lipinski definition) is 5. The lowest BCUT2D eigenvalue weighted by atomic mass is 9.80. The van der Waals surface area contributed by atoms with Crippen molar-refractivity contribution < 1.29 is 27.4 Å². The summed E-state index contributed by atoms with van der Waals surface area (Å²) in [6.45, 7) is 2.92. The van der Waals surface area contributed by atoms with Crippen LogP contribution in [-0.2, 0) is 32.3 Å². The fourth-order valence-corrected chi connectivity index (χ4v) is 4.70. The van der Waals surface area contributed by atoms with E-state index < -0.39 is 17.2 Å². The summed E-state index contributed by atoms with van der Waals surface area (Å²) in [5.74, 6) is -0.373. The van der Waals surface area contributed by atoms with Crippen LogP contribution in [0.1, 0.15) is 36.6 Å². The van der Waals surface area contributed by atoms with Crippen LogP contribution in [0, 0.1) is 0 Å². The molecule has 1 saturated heterocycles. The Morgan fingerprint density at radius 1 is 1.05 bits per heavy atom. The maximum Gasteiger partial charge on any atom is 0.416 e. The van der Waals surface area contributed by atoms with Gasteiger partial charge in [0.2, 0.25) is 0 Å². The lowest BCUT2D eigenvalue weighted by molar-refractivity contribution is -0.160. The first-order valence-electron chi connectivity index (χ1n) is 12.1. The van der Waals surface area contributed by atoms with Crippen molar-refractivity contribution in [2.45, 2.75) is 43.9 Å². The molecule has 1 aliphatic heterocycles. The van der Waals surface area contributed by atoms with E-state index in [2.05, 4.69) is 10.1 Å². The van der Waals surface area contributed by atoms with Crippen molar-refractivity contribution in [1.29, 1.82) is 0 Å². The van der Waals surface area contributed by atoms with E-state index in [1.165, 1.54) is 12.1 Å². The van der Waals surface area contributed by atoms with Gasteiger partial charge >= 0.3 is 12.1 Å². The summed E-state index contributed by atoms with van der Waals surface area (Å²) in [4.78, 5) is 18.2. The number of esters is 1. The van der Waals surface area contributed by atoms with Crippen LogP contribution in [0.25, 0.3) is 16.8 Å². The number of carbonyl (C=O) groups excluding carboxylic acids is 1. The number of benzene rings is 2. The number of carbonyl (C=O) groups is 1. The van der Waals surface area contributed by atoms with Crippen LogP contribution in [0.5, 0.6) is 0 Å². The Morgan fingerprint density at radius 2 is 1.76 bits per heavy atom. The molecular formula is C28H26F3N3O3. The zero-order chi connectivity index (χ0) is 26.0. The van der Waals surface area contributed by atoms with Crippen molar-refractivity contribution in [1.82, 2.24) is 14.6 Å². The van der Waals surface area contributed by atoms with Gasteiger partial charge in [0.15, 0.2) is 5.65 Å². The summed E-state index contributed by atoms with van der Waals surface area (Å²) in [7, 11) is 0. The molecule has 1 unspecified atom stereocenters. The molecule has 0 radical (unpaired) electrons. The van der Waals surface area contributed by atoms with Crippen LogP contribution in [0.15, 0.2) is 73.1 Å². The average molecular weight is 510 g/mol. The van der Waals surface area contributed by atoms with Crippen LogP contribution in [-0.4, -0.2) is 39.9 Å². The van der Waals surface area contributed by atoms with E-state index in [0.717, 1.165) is 17.7 Å². The first-order valence-corrected chi connectivity index (χ1v) is 12.1. The maximum absolute atomic E-state index is 13.8. The molecular weight excluding hydrogens is 483 g/mol. The van der Waals surface area contributed by atoms with Crippen LogP contribution >= 0.6 is 0 Å². The average Bonchev–Trinajstić information content (AvgIpc) is 3.34. The van der Waals surface area contributed by atoms with Crippen molar-refractivity contribution in [2.75, 3.05) is 13.2 Å². The zero-order valence-electron chi connectivity index (χ0n) is 20.2. The lowest BCUT2D eigenvalue weighted by Crippen LogP contribution is -2.41. The van der Waals surface area contributed by atoms with Gasteiger partial charge in [0.1, 0.15) is 11.5 Å². The minimum absolute atomic E-state index is 0.228. The number of nitrogens with zero attached hydrogens (tertiary/aromatic N) is 3. The van der Waals surface area contributed by atoms with Gasteiger partial charge < -0.3 is 9.47 Å². The topological polar surface area (TPSA) is 65.7 Å². The number of fused-ring (bicyclic) bond motifs is 1. The quantitative estimate of drug-likeness (QED) is 0.315. The van der Waals surface area contributed by atoms with Gasteiger partial charge in [0.05, 0.1) is 30.7 Å². The highest BCUT2D eigenvalue weighted by molar-refractivity contribution is 5.84. The molecule has 1 atom stereocenters. The Kier molecular flexibility index (Phi) is 6.72. The molecule has 6 nitrogen and oxygen atoms in total. The van der Waals surface area contributed by atoms with Gasteiger partial charge in [-0.2, -0.15) is 18.3 Å². The molecule has 192 valence electrons. The highest BCUT2D eigenvalue weighted by Gasteiger charge is 2.41. The predicted molar refractivity (Wildman–Crippen MR) is 131 cm³/mol. The standard InChI is InChI=1S/C28H26F3N3O3/c1-27(17-19-5-3-2-4-6-19,26(35)37-22-12-15-36-16-13-22)24-11-14-32-25-23(18-33-34(24)25)20-7-9-21(10-8-20)28(29,30)31/h2-11,14,18,22H,12-13,15-17H2,1H3. The molecule has 4 aromatic rings. The van der Waals surface area contributed by atoms with Crippen molar-refractivity contribution in [2.24, 2.45) is 0 Å². The molecule has 3 heterocycles. The Balaban J connectivity index is 1.56. The summed E-state index contributed by atoms with van der Waals surface area (Å²) in [6, 6.07) is 16.3.